The van der Waals surface area contributed by atoms with E-state index in [1.165, 1.54) is 5.56 Å². The largest absolute Gasteiger partial charge is 0.491 e. The predicted molar refractivity (Wildman–Crippen MR) is 158 cm³/mol. The zero-order chi connectivity index (χ0) is 27.9. The van der Waals surface area contributed by atoms with Crippen LogP contribution in [0.2, 0.25) is 0 Å². The van der Waals surface area contributed by atoms with E-state index < -0.39 is 0 Å². The topological polar surface area (TPSA) is 52.6 Å². The SMILES string of the molecule is C=C.C[C@H](CCCc1ccccc1)Oc1ccc([C@H]2CC(=O)CCC[C@H]2CC=O)c(OCc2ccccc2)c1. The summed E-state index contributed by atoms with van der Waals surface area (Å²) in [6.45, 7) is 8.54. The van der Waals surface area contributed by atoms with Gasteiger partial charge in [-0.05, 0) is 73.6 Å². The summed E-state index contributed by atoms with van der Waals surface area (Å²) in [7, 11) is 0. The highest BCUT2D eigenvalue weighted by molar-refractivity contribution is 5.80. The van der Waals surface area contributed by atoms with Gasteiger partial charge in [-0.3, -0.25) is 4.79 Å². The van der Waals surface area contributed by atoms with Crippen LogP contribution in [0.3, 0.4) is 0 Å². The Hall–Kier alpha value is -3.66. The summed E-state index contributed by atoms with van der Waals surface area (Å²) in [5.41, 5.74) is 3.43. The molecule has 4 rings (SSSR count). The van der Waals surface area contributed by atoms with Crippen LogP contribution >= 0.6 is 0 Å². The molecule has 0 aliphatic heterocycles. The van der Waals surface area contributed by atoms with Crippen molar-refractivity contribution in [1.29, 1.82) is 0 Å². The van der Waals surface area contributed by atoms with Crippen LogP contribution in [0.1, 0.15) is 74.5 Å². The third-order valence-electron chi connectivity index (χ3n) is 7.32. The molecule has 3 aromatic rings. The maximum absolute atomic E-state index is 12.6. The molecule has 0 heterocycles. The van der Waals surface area contributed by atoms with Crippen LogP contribution in [0.5, 0.6) is 11.5 Å². The Morgan fingerprint density at radius 2 is 1.67 bits per heavy atom. The molecule has 0 saturated heterocycles. The summed E-state index contributed by atoms with van der Waals surface area (Å²) < 4.78 is 12.7. The number of rotatable bonds is 12. The van der Waals surface area contributed by atoms with Crippen molar-refractivity contribution >= 4 is 12.1 Å². The maximum atomic E-state index is 12.6. The van der Waals surface area contributed by atoms with E-state index in [2.05, 4.69) is 44.3 Å². The van der Waals surface area contributed by atoms with Crippen LogP contribution in [-0.4, -0.2) is 18.2 Å². The molecular weight excluding hydrogens is 484 g/mol. The Morgan fingerprint density at radius 1 is 0.974 bits per heavy atom. The summed E-state index contributed by atoms with van der Waals surface area (Å²) >= 11 is 0. The van der Waals surface area contributed by atoms with Gasteiger partial charge in [0.2, 0.25) is 0 Å². The molecule has 0 unspecified atom stereocenters. The molecule has 0 spiro atoms. The van der Waals surface area contributed by atoms with E-state index in [0.717, 1.165) is 61.0 Å². The van der Waals surface area contributed by atoms with Gasteiger partial charge in [0, 0.05) is 25.3 Å². The molecule has 0 aromatic heterocycles. The van der Waals surface area contributed by atoms with Crippen molar-refractivity contribution in [2.24, 2.45) is 5.92 Å². The lowest BCUT2D eigenvalue weighted by molar-refractivity contribution is -0.119. The van der Waals surface area contributed by atoms with Gasteiger partial charge in [0.15, 0.2) is 0 Å². The van der Waals surface area contributed by atoms with Crippen LogP contribution in [-0.2, 0) is 22.6 Å². The molecule has 0 bridgehead atoms. The number of ketones is 1. The Bertz CT molecular complexity index is 1140. The zero-order valence-electron chi connectivity index (χ0n) is 23.2. The van der Waals surface area contributed by atoms with Crippen LogP contribution in [0.4, 0.5) is 0 Å². The molecule has 1 aliphatic carbocycles. The first-order valence-corrected chi connectivity index (χ1v) is 14.1. The average molecular weight is 527 g/mol. The molecule has 1 saturated carbocycles. The molecule has 4 heteroatoms. The number of hydrogen-bond acceptors (Lipinski definition) is 4. The van der Waals surface area contributed by atoms with Crippen molar-refractivity contribution in [3.05, 3.63) is 109 Å². The van der Waals surface area contributed by atoms with Crippen molar-refractivity contribution in [3.8, 4) is 11.5 Å². The number of aldehydes is 1. The third kappa shape index (κ3) is 9.55. The van der Waals surface area contributed by atoms with Crippen LogP contribution in [0.15, 0.2) is 92.0 Å². The summed E-state index contributed by atoms with van der Waals surface area (Å²) in [6.07, 6.45) is 7.34. The van der Waals surface area contributed by atoms with Gasteiger partial charge in [-0.25, -0.2) is 0 Å². The van der Waals surface area contributed by atoms with Crippen molar-refractivity contribution in [2.75, 3.05) is 0 Å². The second-order valence-electron chi connectivity index (χ2n) is 10.2. The fourth-order valence-corrected chi connectivity index (χ4v) is 5.33. The average Bonchev–Trinajstić information content (AvgIpc) is 3.15. The lowest BCUT2D eigenvalue weighted by Gasteiger charge is -2.26. The van der Waals surface area contributed by atoms with Gasteiger partial charge in [-0.2, -0.15) is 0 Å². The summed E-state index contributed by atoms with van der Waals surface area (Å²) in [6, 6.07) is 26.6. The molecule has 1 aliphatic rings. The highest BCUT2D eigenvalue weighted by atomic mass is 16.5. The van der Waals surface area contributed by atoms with Gasteiger partial charge in [0.1, 0.15) is 30.2 Å². The third-order valence-corrected chi connectivity index (χ3v) is 7.32. The normalized spacial score (nSPS) is 17.7. The Labute approximate surface area is 234 Å². The van der Waals surface area contributed by atoms with Gasteiger partial charge in [-0.1, -0.05) is 66.7 Å². The van der Waals surface area contributed by atoms with E-state index in [4.69, 9.17) is 9.47 Å². The van der Waals surface area contributed by atoms with Gasteiger partial charge >= 0.3 is 0 Å². The summed E-state index contributed by atoms with van der Waals surface area (Å²) in [5, 5.41) is 0. The van der Waals surface area contributed by atoms with Crippen molar-refractivity contribution < 1.29 is 19.1 Å². The standard InChI is InChI=1S/C33H38O4.C2H4/c1-25(10-8-15-26-11-4-2-5-12-26)37-30-18-19-31(32-22-29(35)17-9-16-28(32)20-21-34)33(23-30)36-24-27-13-6-3-7-14-27;1-2/h2-7,11-14,18-19,21,23,25,28,32H,8-10,15-17,20,22,24H2,1H3;1-2H2/t25-,28+,32+;/m1./s1. The minimum absolute atomic E-state index is 0.0247. The lowest BCUT2D eigenvalue weighted by atomic mass is 9.80. The molecule has 0 N–H and O–H groups in total. The lowest BCUT2D eigenvalue weighted by Crippen LogP contribution is -2.16. The second-order valence-corrected chi connectivity index (χ2v) is 10.2. The Balaban J connectivity index is 0.00000205. The van der Waals surface area contributed by atoms with Crippen molar-refractivity contribution in [1.82, 2.24) is 0 Å². The fraction of sp³-hybridized carbons (Fsp3) is 0.371. The van der Waals surface area contributed by atoms with Gasteiger partial charge in [0.05, 0.1) is 6.10 Å². The van der Waals surface area contributed by atoms with Gasteiger partial charge in [-0.15, -0.1) is 13.2 Å². The number of carbonyl (C=O) groups excluding carboxylic acids is 2. The molecule has 3 aromatic carbocycles. The molecular formula is C35H42O4. The molecule has 4 nitrogen and oxygen atoms in total. The van der Waals surface area contributed by atoms with E-state index in [9.17, 15) is 9.59 Å². The quantitative estimate of drug-likeness (QED) is 0.135. The summed E-state index contributed by atoms with van der Waals surface area (Å²) in [5.74, 6) is 1.90. The van der Waals surface area contributed by atoms with Gasteiger partial charge < -0.3 is 14.3 Å². The molecule has 1 fully saturated rings. The molecule has 0 radical (unpaired) electrons. The number of aryl methyl sites for hydroxylation is 1. The minimum Gasteiger partial charge on any atom is -0.491 e. The van der Waals surface area contributed by atoms with E-state index in [1.54, 1.807) is 0 Å². The van der Waals surface area contributed by atoms with Crippen LogP contribution in [0, 0.1) is 5.92 Å². The van der Waals surface area contributed by atoms with Crippen LogP contribution in [0.25, 0.3) is 0 Å². The number of carbonyl (C=O) groups is 2. The smallest absolute Gasteiger partial charge is 0.133 e. The molecule has 3 atom stereocenters. The number of Topliss-reactive ketones (excluding diaryl/α,β-unsaturated/α-hetero) is 1. The Morgan fingerprint density at radius 3 is 2.36 bits per heavy atom. The first-order chi connectivity index (χ1) is 19.1. The van der Waals surface area contributed by atoms with Crippen molar-refractivity contribution in [3.63, 3.8) is 0 Å². The first-order valence-electron chi connectivity index (χ1n) is 14.1. The van der Waals surface area contributed by atoms with E-state index >= 15 is 0 Å². The molecule has 39 heavy (non-hydrogen) atoms. The summed E-state index contributed by atoms with van der Waals surface area (Å²) in [4.78, 5) is 24.0. The van der Waals surface area contributed by atoms with Gasteiger partial charge in [0.25, 0.3) is 0 Å². The Kier molecular flexibility index (Phi) is 12.5. The zero-order valence-corrected chi connectivity index (χ0v) is 23.2. The minimum atomic E-state index is -0.0247. The predicted octanol–water partition coefficient (Wildman–Crippen LogP) is 8.29. The second kappa shape index (κ2) is 16.3. The van der Waals surface area contributed by atoms with E-state index in [-0.39, 0.29) is 23.7 Å². The van der Waals surface area contributed by atoms with E-state index in [0.29, 0.717) is 25.9 Å². The fourth-order valence-electron chi connectivity index (χ4n) is 5.33. The monoisotopic (exact) mass is 526 g/mol. The highest BCUT2D eigenvalue weighted by Crippen LogP contribution is 2.42. The van der Waals surface area contributed by atoms with Crippen LogP contribution < -0.4 is 9.47 Å². The van der Waals surface area contributed by atoms with E-state index in [1.807, 2.05) is 54.6 Å². The molecule has 0 amide bonds. The number of benzene rings is 3. The maximum Gasteiger partial charge on any atom is 0.133 e. The number of hydrogen-bond donors (Lipinski definition) is 0. The highest BCUT2D eigenvalue weighted by Gasteiger charge is 2.30. The molecule has 206 valence electrons. The van der Waals surface area contributed by atoms with Crippen molar-refractivity contribution in [2.45, 2.75) is 76.9 Å². The first kappa shape index (κ1) is 29.9. The number of ether oxygens (including phenoxy) is 2.